The maximum Gasteiger partial charge on any atom is 0.259 e. The maximum atomic E-state index is 13.6. The average molecular weight is 421 g/mol. The molecule has 4 rings (SSSR count). The molecule has 3 N–H and O–H groups in total. The van der Waals surface area contributed by atoms with Crippen LogP contribution < -0.4 is 5.73 Å². The lowest BCUT2D eigenvalue weighted by molar-refractivity contribution is -0.160. The largest absolute Gasteiger partial charge is 0.375 e. The maximum absolute atomic E-state index is 13.6. The van der Waals surface area contributed by atoms with Crippen LogP contribution in [0.4, 0.5) is 0 Å². The molecule has 1 saturated carbocycles. The number of carbonyl (C=O) groups is 1. The number of rotatable bonds is 5. The van der Waals surface area contributed by atoms with Crippen LogP contribution in [0, 0.1) is 5.92 Å². The lowest BCUT2D eigenvalue weighted by Gasteiger charge is -2.41. The van der Waals surface area contributed by atoms with Crippen LogP contribution >= 0.6 is 0 Å². The third-order valence-electron chi connectivity index (χ3n) is 6.64. The minimum Gasteiger partial charge on any atom is -0.375 e. The predicted octanol–water partition coefficient (Wildman–Crippen LogP) is 2.72. The number of aliphatic hydroxyl groups is 1. The smallest absolute Gasteiger partial charge is 0.259 e. The van der Waals surface area contributed by atoms with Crippen molar-refractivity contribution in [1.29, 1.82) is 0 Å². The number of piperazine rings is 1. The Labute approximate surface area is 184 Å². The summed E-state index contributed by atoms with van der Waals surface area (Å²) in [5.41, 5.74) is 6.59. The number of carbonyl (C=O) groups excluding carboxylic acids is 1. The molecule has 31 heavy (non-hydrogen) atoms. The van der Waals surface area contributed by atoms with Gasteiger partial charge in [-0.3, -0.25) is 4.79 Å². The topological polar surface area (TPSA) is 82.2 Å². The molecule has 1 unspecified atom stereocenters. The van der Waals surface area contributed by atoms with Crippen molar-refractivity contribution in [2.24, 2.45) is 16.6 Å². The summed E-state index contributed by atoms with van der Waals surface area (Å²) in [7, 11) is 0. The summed E-state index contributed by atoms with van der Waals surface area (Å²) in [5, 5.41) is 11.7. The number of guanidine groups is 1. The van der Waals surface area contributed by atoms with E-state index in [1.807, 2.05) is 65.6 Å². The molecule has 0 bridgehead atoms. The highest BCUT2D eigenvalue weighted by atomic mass is 16.3. The fraction of sp³-hybridized carbons (Fsp3) is 0.440. The van der Waals surface area contributed by atoms with E-state index >= 15 is 0 Å². The Balaban J connectivity index is 1.42. The normalized spacial score (nSPS) is 20.0. The van der Waals surface area contributed by atoms with Crippen LogP contribution in [-0.2, 0) is 16.9 Å². The van der Waals surface area contributed by atoms with E-state index in [1.54, 1.807) is 4.90 Å². The van der Waals surface area contributed by atoms with E-state index < -0.39 is 5.60 Å². The lowest BCUT2D eigenvalue weighted by atomic mass is 9.79. The third kappa shape index (κ3) is 4.59. The Morgan fingerprint density at radius 1 is 0.935 bits per heavy atom. The van der Waals surface area contributed by atoms with Crippen molar-refractivity contribution in [2.75, 3.05) is 26.2 Å². The summed E-state index contributed by atoms with van der Waals surface area (Å²) in [6.07, 6.45) is 3.90. The molecular weight excluding hydrogens is 388 g/mol. The first kappa shape index (κ1) is 21.4. The highest BCUT2D eigenvalue weighted by molar-refractivity contribution is 5.87. The number of aliphatic imine (C=N–C) groups is 1. The number of nitrogens with two attached hydrogens (primary N) is 1. The molecule has 6 nitrogen and oxygen atoms in total. The number of hydrogen-bond donors (Lipinski definition) is 2. The van der Waals surface area contributed by atoms with Gasteiger partial charge in [-0.2, -0.15) is 0 Å². The summed E-state index contributed by atoms with van der Waals surface area (Å²) in [4.78, 5) is 21.9. The first-order chi connectivity index (χ1) is 15.1. The molecule has 164 valence electrons. The summed E-state index contributed by atoms with van der Waals surface area (Å²) < 4.78 is 0. The second-order valence-corrected chi connectivity index (χ2v) is 8.55. The molecule has 0 aromatic heterocycles. The van der Waals surface area contributed by atoms with Gasteiger partial charge in [0.2, 0.25) is 0 Å². The number of nitrogens with zero attached hydrogens (tertiary/aromatic N) is 3. The Morgan fingerprint density at radius 3 is 2.10 bits per heavy atom. The molecule has 1 aliphatic heterocycles. The van der Waals surface area contributed by atoms with Gasteiger partial charge in [-0.15, -0.1) is 0 Å². The van der Waals surface area contributed by atoms with Crippen LogP contribution in [-0.4, -0.2) is 53.0 Å². The van der Waals surface area contributed by atoms with Gasteiger partial charge in [0.25, 0.3) is 5.91 Å². The van der Waals surface area contributed by atoms with E-state index in [0.29, 0.717) is 44.2 Å². The van der Waals surface area contributed by atoms with Crippen LogP contribution in [0.15, 0.2) is 65.7 Å². The first-order valence-electron chi connectivity index (χ1n) is 11.2. The zero-order chi connectivity index (χ0) is 21.7. The Hall–Kier alpha value is -2.86. The molecule has 2 fully saturated rings. The zero-order valence-corrected chi connectivity index (χ0v) is 18.0. The van der Waals surface area contributed by atoms with Crippen LogP contribution in [0.25, 0.3) is 0 Å². The SMILES string of the molecule is NC(=NCc1ccccc1)N1CCN(C(=O)C(O)(c2ccccc2)C2CCCC2)CC1. The van der Waals surface area contributed by atoms with Crippen LogP contribution in [0.1, 0.15) is 36.8 Å². The molecule has 1 saturated heterocycles. The van der Waals surface area contributed by atoms with Gasteiger partial charge < -0.3 is 20.6 Å². The van der Waals surface area contributed by atoms with Crippen molar-refractivity contribution in [1.82, 2.24) is 9.80 Å². The number of hydrogen-bond acceptors (Lipinski definition) is 3. The molecule has 0 radical (unpaired) electrons. The fourth-order valence-electron chi connectivity index (χ4n) is 4.81. The van der Waals surface area contributed by atoms with Crippen LogP contribution in [0.3, 0.4) is 0 Å². The Bertz CT molecular complexity index is 888. The highest BCUT2D eigenvalue weighted by Gasteiger charge is 2.48. The summed E-state index contributed by atoms with van der Waals surface area (Å²) in [5.74, 6) is 0.299. The fourth-order valence-corrected chi connectivity index (χ4v) is 4.81. The van der Waals surface area contributed by atoms with Crippen molar-refractivity contribution in [3.05, 3.63) is 71.8 Å². The van der Waals surface area contributed by atoms with Crippen molar-refractivity contribution in [2.45, 2.75) is 37.8 Å². The van der Waals surface area contributed by atoms with E-state index in [-0.39, 0.29) is 11.8 Å². The van der Waals surface area contributed by atoms with Gasteiger partial charge in [0.1, 0.15) is 0 Å². The molecule has 1 heterocycles. The molecule has 2 aromatic carbocycles. The lowest BCUT2D eigenvalue weighted by Crippen LogP contribution is -2.58. The Kier molecular flexibility index (Phi) is 6.56. The minimum atomic E-state index is -1.45. The van der Waals surface area contributed by atoms with Crippen molar-refractivity contribution in [3.63, 3.8) is 0 Å². The Morgan fingerprint density at radius 2 is 1.48 bits per heavy atom. The quantitative estimate of drug-likeness (QED) is 0.576. The van der Waals surface area contributed by atoms with E-state index in [0.717, 1.165) is 31.2 Å². The summed E-state index contributed by atoms with van der Waals surface area (Å²) in [6.45, 7) is 2.84. The minimum absolute atomic E-state index is 0.0297. The average Bonchev–Trinajstić information content (AvgIpc) is 3.38. The van der Waals surface area contributed by atoms with E-state index in [1.165, 1.54) is 0 Å². The van der Waals surface area contributed by atoms with Crippen molar-refractivity contribution < 1.29 is 9.90 Å². The molecule has 1 aliphatic carbocycles. The molecule has 2 aromatic rings. The van der Waals surface area contributed by atoms with Gasteiger partial charge >= 0.3 is 0 Å². The molecule has 1 amide bonds. The number of benzene rings is 2. The first-order valence-corrected chi connectivity index (χ1v) is 11.2. The summed E-state index contributed by atoms with van der Waals surface area (Å²) in [6, 6.07) is 19.5. The van der Waals surface area contributed by atoms with Crippen LogP contribution in [0.5, 0.6) is 0 Å². The highest BCUT2D eigenvalue weighted by Crippen LogP contribution is 2.42. The zero-order valence-electron chi connectivity index (χ0n) is 18.0. The second-order valence-electron chi connectivity index (χ2n) is 8.55. The molecule has 0 spiro atoms. The molecule has 2 aliphatic rings. The number of amides is 1. The van der Waals surface area contributed by atoms with E-state index in [4.69, 9.17) is 5.73 Å². The third-order valence-corrected chi connectivity index (χ3v) is 6.64. The second kappa shape index (κ2) is 9.52. The monoisotopic (exact) mass is 420 g/mol. The molecular formula is C25H32N4O2. The van der Waals surface area contributed by atoms with E-state index in [2.05, 4.69) is 4.99 Å². The van der Waals surface area contributed by atoms with Crippen molar-refractivity contribution >= 4 is 11.9 Å². The molecule has 6 heteroatoms. The summed E-state index contributed by atoms with van der Waals surface area (Å²) >= 11 is 0. The molecule has 1 atom stereocenters. The van der Waals surface area contributed by atoms with Gasteiger partial charge in [-0.25, -0.2) is 4.99 Å². The van der Waals surface area contributed by atoms with Gasteiger partial charge in [-0.1, -0.05) is 73.5 Å². The standard InChI is InChI=1S/C25H32N4O2/c26-24(27-19-20-9-3-1-4-10-20)29-17-15-28(16-18-29)23(30)25(31,22-13-7-8-14-22)21-11-5-2-6-12-21/h1-6,9-12,22,31H,7-8,13-19H2,(H2,26,27). The van der Waals surface area contributed by atoms with Gasteiger partial charge in [0.15, 0.2) is 11.6 Å². The van der Waals surface area contributed by atoms with Gasteiger partial charge in [-0.05, 0) is 24.0 Å². The van der Waals surface area contributed by atoms with Crippen LogP contribution in [0.2, 0.25) is 0 Å². The van der Waals surface area contributed by atoms with Crippen molar-refractivity contribution in [3.8, 4) is 0 Å². The predicted molar refractivity (Wildman–Crippen MR) is 122 cm³/mol. The van der Waals surface area contributed by atoms with Gasteiger partial charge in [0.05, 0.1) is 6.54 Å². The van der Waals surface area contributed by atoms with E-state index in [9.17, 15) is 9.90 Å². The van der Waals surface area contributed by atoms with Gasteiger partial charge in [0, 0.05) is 32.1 Å².